The van der Waals surface area contributed by atoms with Crippen LogP contribution in [0, 0.1) is 5.82 Å². The summed E-state index contributed by atoms with van der Waals surface area (Å²) in [7, 11) is 3.12. The molecule has 4 nitrogen and oxygen atoms in total. The van der Waals surface area contributed by atoms with Gasteiger partial charge in [-0.05, 0) is 40.2 Å². The molecule has 0 aliphatic rings. The molecule has 2 aromatic rings. The number of hydrogen-bond acceptors (Lipinski definition) is 4. The van der Waals surface area contributed by atoms with Gasteiger partial charge in [0.25, 0.3) is 0 Å². The van der Waals surface area contributed by atoms with Crippen LogP contribution in [0.15, 0.2) is 34.9 Å². The van der Waals surface area contributed by atoms with Crippen molar-refractivity contribution in [2.75, 3.05) is 14.2 Å². The van der Waals surface area contributed by atoms with Crippen molar-refractivity contribution in [1.82, 2.24) is 4.98 Å². The first-order valence-electron chi connectivity index (χ1n) is 5.86. The Balaban J connectivity index is 2.46. The average molecular weight is 341 g/mol. The first-order valence-corrected chi connectivity index (χ1v) is 6.65. The summed E-state index contributed by atoms with van der Waals surface area (Å²) in [5.74, 6) is 0.816. The summed E-state index contributed by atoms with van der Waals surface area (Å²) in [5.41, 5.74) is 7.47. The van der Waals surface area contributed by atoms with Crippen LogP contribution in [-0.2, 0) is 0 Å². The van der Waals surface area contributed by atoms with Crippen LogP contribution in [-0.4, -0.2) is 19.2 Å². The van der Waals surface area contributed by atoms with Crippen LogP contribution in [0.3, 0.4) is 0 Å². The first-order chi connectivity index (χ1) is 9.58. The third kappa shape index (κ3) is 2.76. The van der Waals surface area contributed by atoms with Gasteiger partial charge in [-0.15, -0.1) is 0 Å². The van der Waals surface area contributed by atoms with Gasteiger partial charge >= 0.3 is 0 Å². The molecular weight excluding hydrogens is 327 g/mol. The molecule has 0 amide bonds. The average Bonchev–Trinajstić information content (AvgIpc) is 2.47. The fourth-order valence-electron chi connectivity index (χ4n) is 1.89. The highest BCUT2D eigenvalue weighted by Crippen LogP contribution is 2.40. The summed E-state index contributed by atoms with van der Waals surface area (Å²) in [6, 6.07) is 5.95. The molecule has 1 heterocycles. The Morgan fingerprint density at radius 1 is 1.20 bits per heavy atom. The van der Waals surface area contributed by atoms with E-state index in [9.17, 15) is 4.39 Å². The minimum absolute atomic E-state index is 0.399. The Hall–Kier alpha value is -1.66. The quantitative estimate of drug-likeness (QED) is 0.929. The van der Waals surface area contributed by atoms with Gasteiger partial charge in [0.2, 0.25) is 0 Å². The van der Waals surface area contributed by atoms with Crippen LogP contribution >= 0.6 is 15.9 Å². The zero-order valence-electron chi connectivity index (χ0n) is 11.1. The monoisotopic (exact) mass is 340 g/mol. The predicted octanol–water partition coefficient (Wildman–Crippen LogP) is 3.05. The number of benzene rings is 1. The van der Waals surface area contributed by atoms with Gasteiger partial charge < -0.3 is 15.2 Å². The summed E-state index contributed by atoms with van der Waals surface area (Å²) in [4.78, 5) is 4.00. The Morgan fingerprint density at radius 3 is 2.50 bits per heavy atom. The Bertz CT molecular complexity index is 605. The lowest BCUT2D eigenvalue weighted by molar-refractivity contribution is 0.385. The van der Waals surface area contributed by atoms with Crippen LogP contribution in [0.2, 0.25) is 0 Å². The second-order valence-electron chi connectivity index (χ2n) is 4.08. The molecule has 106 valence electrons. The second kappa shape index (κ2) is 6.19. The minimum Gasteiger partial charge on any atom is -0.495 e. The highest BCUT2D eigenvalue weighted by Gasteiger charge is 2.19. The highest BCUT2D eigenvalue weighted by molar-refractivity contribution is 9.10. The van der Waals surface area contributed by atoms with E-state index in [-0.39, 0.29) is 0 Å². The lowest BCUT2D eigenvalue weighted by Gasteiger charge is -2.18. The van der Waals surface area contributed by atoms with Crippen molar-refractivity contribution in [1.29, 1.82) is 0 Å². The maximum Gasteiger partial charge on any atom is 0.141 e. The molecule has 6 heteroatoms. The van der Waals surface area contributed by atoms with Crippen molar-refractivity contribution in [3.63, 3.8) is 0 Å². The van der Waals surface area contributed by atoms with Crippen molar-refractivity contribution in [2.24, 2.45) is 5.73 Å². The number of ether oxygens (including phenoxy) is 2. The summed E-state index contributed by atoms with van der Waals surface area (Å²) in [6.45, 7) is 0. The van der Waals surface area contributed by atoms with Gasteiger partial charge in [-0.2, -0.15) is 0 Å². The Morgan fingerprint density at radius 2 is 1.95 bits per heavy atom. The summed E-state index contributed by atoms with van der Waals surface area (Å²) in [5, 5.41) is 0. The zero-order valence-corrected chi connectivity index (χ0v) is 12.6. The molecule has 20 heavy (non-hydrogen) atoms. The zero-order chi connectivity index (χ0) is 14.7. The lowest BCUT2D eigenvalue weighted by Crippen LogP contribution is -2.15. The number of aromatic nitrogens is 1. The molecule has 1 unspecified atom stereocenters. The molecule has 1 aromatic carbocycles. The summed E-state index contributed by atoms with van der Waals surface area (Å²) in [6.07, 6.45) is 1.14. The molecule has 1 aromatic heterocycles. The number of nitrogens with two attached hydrogens (primary N) is 1. The van der Waals surface area contributed by atoms with Gasteiger partial charge in [0.1, 0.15) is 21.8 Å². The third-order valence-electron chi connectivity index (χ3n) is 2.92. The van der Waals surface area contributed by atoms with Crippen molar-refractivity contribution in [3.05, 3.63) is 52.0 Å². The smallest absolute Gasteiger partial charge is 0.141 e. The third-order valence-corrected chi connectivity index (χ3v) is 3.67. The van der Waals surface area contributed by atoms with Gasteiger partial charge in [0.15, 0.2) is 0 Å². The number of halogens is 2. The van der Waals surface area contributed by atoms with Crippen molar-refractivity contribution >= 4 is 15.9 Å². The molecule has 0 saturated heterocycles. The first kappa shape index (κ1) is 14.7. The standard InChI is InChI=1S/C14H14BrFN2O2/c1-19-11-6-4-9(14(20-2)12(11)15)13(17)10-5-3-8(16)7-18-10/h3-7,13H,17H2,1-2H3. The molecule has 0 spiro atoms. The second-order valence-corrected chi connectivity index (χ2v) is 4.88. The van der Waals surface area contributed by atoms with Crippen LogP contribution in [0.4, 0.5) is 4.39 Å². The van der Waals surface area contributed by atoms with E-state index in [1.807, 2.05) is 0 Å². The Kier molecular flexibility index (Phi) is 4.57. The molecule has 0 aliphatic carbocycles. The summed E-state index contributed by atoms with van der Waals surface area (Å²) < 4.78 is 24.2. The number of rotatable bonds is 4. The van der Waals surface area contributed by atoms with Crippen molar-refractivity contribution in [3.8, 4) is 11.5 Å². The van der Waals surface area contributed by atoms with Gasteiger partial charge in [-0.3, -0.25) is 4.98 Å². The molecule has 0 radical (unpaired) electrons. The van der Waals surface area contributed by atoms with Gasteiger partial charge in [-0.1, -0.05) is 0 Å². The van der Waals surface area contributed by atoms with E-state index >= 15 is 0 Å². The van der Waals surface area contributed by atoms with E-state index in [0.717, 1.165) is 11.8 Å². The molecule has 2 N–H and O–H groups in total. The fraction of sp³-hybridized carbons (Fsp3) is 0.214. The SMILES string of the molecule is COc1ccc(C(N)c2ccc(F)cn2)c(OC)c1Br. The predicted molar refractivity (Wildman–Crippen MR) is 77.5 cm³/mol. The van der Waals surface area contributed by atoms with E-state index in [4.69, 9.17) is 15.2 Å². The maximum atomic E-state index is 12.9. The molecule has 2 rings (SSSR count). The summed E-state index contributed by atoms with van der Waals surface area (Å²) >= 11 is 3.42. The van der Waals surface area contributed by atoms with E-state index in [2.05, 4.69) is 20.9 Å². The Labute approximate surface area is 124 Å². The molecule has 0 fully saturated rings. The number of hydrogen-bond donors (Lipinski definition) is 1. The fourth-order valence-corrected chi connectivity index (χ4v) is 2.58. The van der Waals surface area contributed by atoms with Crippen LogP contribution in [0.5, 0.6) is 11.5 Å². The van der Waals surface area contributed by atoms with Gasteiger partial charge in [0, 0.05) is 5.56 Å². The van der Waals surface area contributed by atoms with E-state index in [1.54, 1.807) is 32.4 Å². The van der Waals surface area contributed by atoms with Crippen LogP contribution in [0.1, 0.15) is 17.3 Å². The van der Waals surface area contributed by atoms with Gasteiger partial charge in [0.05, 0.1) is 32.2 Å². The topological polar surface area (TPSA) is 57.4 Å². The molecule has 0 bridgehead atoms. The van der Waals surface area contributed by atoms with Crippen molar-refractivity contribution < 1.29 is 13.9 Å². The largest absolute Gasteiger partial charge is 0.495 e. The van der Waals surface area contributed by atoms with E-state index in [1.165, 1.54) is 6.07 Å². The molecule has 0 saturated carbocycles. The lowest BCUT2D eigenvalue weighted by atomic mass is 10.0. The molecule has 0 aliphatic heterocycles. The van der Waals surface area contributed by atoms with E-state index in [0.29, 0.717) is 21.7 Å². The number of methoxy groups -OCH3 is 2. The molecular formula is C14H14BrFN2O2. The van der Waals surface area contributed by atoms with Gasteiger partial charge in [-0.25, -0.2) is 4.39 Å². The van der Waals surface area contributed by atoms with E-state index < -0.39 is 11.9 Å². The number of nitrogens with zero attached hydrogens (tertiary/aromatic N) is 1. The minimum atomic E-state index is -0.521. The molecule has 1 atom stereocenters. The maximum absolute atomic E-state index is 12.9. The normalized spacial score (nSPS) is 12.1. The van der Waals surface area contributed by atoms with Crippen LogP contribution < -0.4 is 15.2 Å². The highest BCUT2D eigenvalue weighted by atomic mass is 79.9. The van der Waals surface area contributed by atoms with Crippen molar-refractivity contribution in [2.45, 2.75) is 6.04 Å². The van der Waals surface area contributed by atoms with Crippen LogP contribution in [0.25, 0.3) is 0 Å². The number of pyridine rings is 1.